The Hall–Kier alpha value is -2.23. The highest BCUT2D eigenvalue weighted by molar-refractivity contribution is 7.91. The number of aryl methyl sites for hydroxylation is 1. The summed E-state index contributed by atoms with van der Waals surface area (Å²) in [6.07, 6.45) is 0. The van der Waals surface area contributed by atoms with E-state index in [-0.39, 0.29) is 10.8 Å². The van der Waals surface area contributed by atoms with Gasteiger partial charge in [0.15, 0.2) is 0 Å². The summed E-state index contributed by atoms with van der Waals surface area (Å²) in [4.78, 5) is 0. The molecule has 0 radical (unpaired) electrons. The number of sulfonamides is 1. The number of methoxy groups -OCH3 is 1. The van der Waals surface area contributed by atoms with Crippen molar-refractivity contribution in [3.05, 3.63) is 47.2 Å². The van der Waals surface area contributed by atoms with Crippen LogP contribution in [0.4, 0.5) is 0 Å². The summed E-state index contributed by atoms with van der Waals surface area (Å²) in [7, 11) is -2.06. The quantitative estimate of drug-likeness (QED) is 0.721. The van der Waals surface area contributed by atoms with Crippen molar-refractivity contribution in [2.24, 2.45) is 0 Å². The van der Waals surface area contributed by atoms with E-state index in [1.807, 2.05) is 12.1 Å². The average molecular weight is 365 g/mol. The molecule has 0 spiro atoms. The molecule has 0 bridgehead atoms. The first-order valence-electron chi connectivity index (χ1n) is 6.99. The van der Waals surface area contributed by atoms with Crippen molar-refractivity contribution < 1.29 is 17.6 Å². The molecule has 0 aliphatic carbocycles. The molecule has 3 rings (SSSR count). The second-order valence-corrected chi connectivity index (χ2v) is 7.86. The van der Waals surface area contributed by atoms with E-state index in [1.165, 1.54) is 6.07 Å². The van der Waals surface area contributed by atoms with Gasteiger partial charge in [0.05, 0.1) is 12.7 Å². The van der Waals surface area contributed by atoms with Crippen LogP contribution in [-0.4, -0.2) is 25.7 Å². The van der Waals surface area contributed by atoms with Crippen LogP contribution in [0.1, 0.15) is 11.5 Å². The highest BCUT2D eigenvalue weighted by atomic mass is 32.2. The van der Waals surface area contributed by atoms with Crippen LogP contribution in [0, 0.1) is 6.92 Å². The summed E-state index contributed by atoms with van der Waals surface area (Å²) in [6.45, 7) is 1.85. The SMILES string of the molecule is COc1cccc(CNS(=O)(=O)c2cc(-c3nnc(C)o3)cs2)c1. The molecule has 7 nitrogen and oxygen atoms in total. The van der Waals surface area contributed by atoms with Gasteiger partial charge in [0.2, 0.25) is 21.8 Å². The monoisotopic (exact) mass is 365 g/mol. The molecule has 0 aliphatic heterocycles. The summed E-state index contributed by atoms with van der Waals surface area (Å²) < 4.78 is 38.0. The number of nitrogens with zero attached hydrogens (tertiary/aromatic N) is 2. The Labute approximate surface area is 143 Å². The highest BCUT2D eigenvalue weighted by Gasteiger charge is 2.19. The molecule has 0 unspecified atom stereocenters. The lowest BCUT2D eigenvalue weighted by Crippen LogP contribution is -2.22. The van der Waals surface area contributed by atoms with Crippen LogP contribution in [0.3, 0.4) is 0 Å². The molecule has 0 aliphatic rings. The van der Waals surface area contributed by atoms with Gasteiger partial charge < -0.3 is 9.15 Å². The molecule has 0 fully saturated rings. The van der Waals surface area contributed by atoms with E-state index in [0.29, 0.717) is 23.1 Å². The molecule has 24 heavy (non-hydrogen) atoms. The topological polar surface area (TPSA) is 94.3 Å². The van der Waals surface area contributed by atoms with Crippen molar-refractivity contribution >= 4 is 21.4 Å². The Kier molecular flexibility index (Phi) is 4.65. The number of rotatable bonds is 6. The van der Waals surface area contributed by atoms with E-state index in [1.54, 1.807) is 31.5 Å². The Bertz CT molecular complexity index is 947. The number of aromatic nitrogens is 2. The van der Waals surface area contributed by atoms with Crippen LogP contribution in [-0.2, 0) is 16.6 Å². The smallest absolute Gasteiger partial charge is 0.250 e. The molecule has 2 heterocycles. The number of thiophene rings is 1. The van der Waals surface area contributed by atoms with Gasteiger partial charge in [-0.05, 0) is 23.8 Å². The van der Waals surface area contributed by atoms with Crippen LogP contribution in [0.5, 0.6) is 5.75 Å². The van der Waals surface area contributed by atoms with Crippen LogP contribution >= 0.6 is 11.3 Å². The molecule has 126 valence electrons. The van der Waals surface area contributed by atoms with Gasteiger partial charge in [0.25, 0.3) is 0 Å². The first-order valence-corrected chi connectivity index (χ1v) is 9.36. The molecule has 1 aromatic carbocycles. The van der Waals surface area contributed by atoms with Gasteiger partial charge in [-0.2, -0.15) is 0 Å². The molecule has 0 amide bonds. The highest BCUT2D eigenvalue weighted by Crippen LogP contribution is 2.27. The molecule has 1 N–H and O–H groups in total. The fourth-order valence-electron chi connectivity index (χ4n) is 2.01. The second kappa shape index (κ2) is 6.71. The van der Waals surface area contributed by atoms with Crippen molar-refractivity contribution in [1.29, 1.82) is 0 Å². The van der Waals surface area contributed by atoms with E-state index in [2.05, 4.69) is 14.9 Å². The second-order valence-electron chi connectivity index (χ2n) is 4.96. The third kappa shape index (κ3) is 3.64. The lowest BCUT2D eigenvalue weighted by Gasteiger charge is -2.06. The Morgan fingerprint density at radius 3 is 2.83 bits per heavy atom. The Morgan fingerprint density at radius 2 is 2.12 bits per heavy atom. The fraction of sp³-hybridized carbons (Fsp3) is 0.200. The minimum Gasteiger partial charge on any atom is -0.497 e. The van der Waals surface area contributed by atoms with Gasteiger partial charge in [-0.1, -0.05) is 12.1 Å². The van der Waals surface area contributed by atoms with Gasteiger partial charge >= 0.3 is 0 Å². The zero-order chi connectivity index (χ0) is 17.2. The van der Waals surface area contributed by atoms with Crippen molar-refractivity contribution in [2.75, 3.05) is 7.11 Å². The predicted octanol–water partition coefficient (Wildman–Crippen LogP) is 2.59. The van der Waals surface area contributed by atoms with Crippen molar-refractivity contribution in [2.45, 2.75) is 17.7 Å². The lowest BCUT2D eigenvalue weighted by molar-refractivity contribution is 0.414. The van der Waals surface area contributed by atoms with Crippen LogP contribution < -0.4 is 9.46 Å². The average Bonchev–Trinajstić information content (AvgIpc) is 3.22. The van der Waals surface area contributed by atoms with Gasteiger partial charge in [-0.3, -0.25) is 0 Å². The third-order valence-electron chi connectivity index (χ3n) is 3.21. The van der Waals surface area contributed by atoms with Crippen molar-refractivity contribution in [3.8, 4) is 17.2 Å². The minimum absolute atomic E-state index is 0.173. The molecular formula is C15H15N3O4S2. The van der Waals surface area contributed by atoms with Crippen molar-refractivity contribution in [1.82, 2.24) is 14.9 Å². The summed E-state index contributed by atoms with van der Waals surface area (Å²) in [6, 6.07) is 8.74. The van der Waals surface area contributed by atoms with E-state index in [4.69, 9.17) is 9.15 Å². The molecule has 0 saturated carbocycles. The summed E-state index contributed by atoms with van der Waals surface area (Å²) in [5, 5.41) is 9.30. The first-order chi connectivity index (χ1) is 11.5. The zero-order valence-electron chi connectivity index (χ0n) is 13.0. The van der Waals surface area contributed by atoms with Crippen molar-refractivity contribution in [3.63, 3.8) is 0 Å². The molecule has 0 atom stereocenters. The normalized spacial score (nSPS) is 11.6. The van der Waals surface area contributed by atoms with Crippen LogP contribution in [0.2, 0.25) is 0 Å². The fourth-order valence-corrected chi connectivity index (χ4v) is 4.23. The van der Waals surface area contributed by atoms with Gasteiger partial charge in [0.1, 0.15) is 9.96 Å². The van der Waals surface area contributed by atoms with E-state index in [9.17, 15) is 8.42 Å². The lowest BCUT2D eigenvalue weighted by atomic mass is 10.2. The maximum Gasteiger partial charge on any atom is 0.250 e. The van der Waals surface area contributed by atoms with Gasteiger partial charge in [0, 0.05) is 18.8 Å². The predicted molar refractivity (Wildman–Crippen MR) is 89.4 cm³/mol. The molecule has 9 heteroatoms. The Morgan fingerprint density at radius 1 is 1.29 bits per heavy atom. The van der Waals surface area contributed by atoms with E-state index in [0.717, 1.165) is 16.9 Å². The first kappa shape index (κ1) is 16.6. The summed E-state index contributed by atoms with van der Waals surface area (Å²) >= 11 is 1.10. The maximum atomic E-state index is 12.4. The van der Waals surface area contributed by atoms with E-state index < -0.39 is 10.0 Å². The standard InChI is InChI=1S/C15H15N3O4S2/c1-10-17-18-15(22-10)12-7-14(23-9-12)24(19,20)16-8-11-4-3-5-13(6-11)21-2/h3-7,9,16H,8H2,1-2H3. The molecule has 3 aromatic rings. The number of ether oxygens (including phenoxy) is 1. The summed E-state index contributed by atoms with van der Waals surface area (Å²) in [5.41, 5.74) is 1.39. The van der Waals surface area contributed by atoms with Gasteiger partial charge in [-0.25, -0.2) is 13.1 Å². The summed E-state index contributed by atoms with van der Waals surface area (Å²) in [5.74, 6) is 1.41. The number of hydrogen-bond donors (Lipinski definition) is 1. The maximum absolute atomic E-state index is 12.4. The minimum atomic E-state index is -3.62. The number of benzene rings is 1. The molecule has 0 saturated heterocycles. The van der Waals surface area contributed by atoms with Crippen LogP contribution in [0.25, 0.3) is 11.5 Å². The molecular weight excluding hydrogens is 350 g/mol. The van der Waals surface area contributed by atoms with Crippen LogP contribution in [0.15, 0.2) is 44.3 Å². The molecule has 2 aromatic heterocycles. The zero-order valence-corrected chi connectivity index (χ0v) is 14.6. The Balaban J connectivity index is 1.74. The largest absolute Gasteiger partial charge is 0.497 e. The number of nitrogens with one attached hydrogen (secondary N) is 1. The van der Waals surface area contributed by atoms with E-state index >= 15 is 0 Å². The van der Waals surface area contributed by atoms with Gasteiger partial charge in [-0.15, -0.1) is 21.5 Å². The third-order valence-corrected chi connectivity index (χ3v) is 6.05. The number of hydrogen-bond acceptors (Lipinski definition) is 7.